The molecule has 40 heavy (non-hydrogen) atoms. The zero-order chi connectivity index (χ0) is 29.1. The molecule has 2 heterocycles. The van der Waals surface area contributed by atoms with Gasteiger partial charge in [-0.1, -0.05) is 45.0 Å². The van der Waals surface area contributed by atoms with Crippen LogP contribution < -0.4 is 10.6 Å². The fraction of sp³-hybridized carbons (Fsp3) is 0.286. The van der Waals surface area contributed by atoms with Crippen LogP contribution in [0.2, 0.25) is 0 Å². The number of hydrogen-bond donors (Lipinski definition) is 2. The molecule has 12 heteroatoms. The number of carbonyl (C=O) groups is 4. The molecule has 2 fully saturated rings. The lowest BCUT2D eigenvalue weighted by Crippen LogP contribution is -2.16. The number of halogens is 2. The Morgan fingerprint density at radius 1 is 0.725 bits per heavy atom. The monoisotopic (exact) mass is 678 g/mol. The second-order valence-corrected chi connectivity index (χ2v) is 10.6. The summed E-state index contributed by atoms with van der Waals surface area (Å²) in [4.78, 5) is 45.3. The number of ether oxygens (including phenoxy) is 4. The molecule has 0 spiro atoms. The highest BCUT2D eigenvalue weighted by molar-refractivity contribution is 9.10. The highest BCUT2D eigenvalue weighted by Crippen LogP contribution is 2.23. The molecule has 2 atom stereocenters. The molecule has 0 aliphatic carbocycles. The Morgan fingerprint density at radius 3 is 1.38 bits per heavy atom. The highest BCUT2D eigenvalue weighted by atomic mass is 79.9. The molecule has 0 aromatic heterocycles. The fourth-order valence-corrected chi connectivity index (χ4v) is 4.08. The van der Waals surface area contributed by atoms with E-state index in [1.165, 1.54) is 0 Å². The van der Waals surface area contributed by atoms with E-state index in [0.717, 1.165) is 8.95 Å². The maximum absolute atomic E-state index is 11.6. The first-order valence-corrected chi connectivity index (χ1v) is 13.8. The minimum atomic E-state index is -0.525. The molecule has 2 amide bonds. The third kappa shape index (κ3) is 9.83. The van der Waals surface area contributed by atoms with Gasteiger partial charge in [-0.3, -0.25) is 10.6 Å². The summed E-state index contributed by atoms with van der Waals surface area (Å²) in [7, 11) is 0. The lowest BCUT2D eigenvalue weighted by molar-refractivity contribution is -0.136. The van der Waals surface area contributed by atoms with E-state index in [1.54, 1.807) is 24.3 Å². The smallest absolute Gasteiger partial charge is 0.411 e. The average Bonchev–Trinajstić information content (AvgIpc) is 3.42. The van der Waals surface area contributed by atoms with Gasteiger partial charge in [0.15, 0.2) is 0 Å². The number of anilines is 2. The molecule has 212 valence electrons. The van der Waals surface area contributed by atoms with E-state index >= 15 is 0 Å². The van der Waals surface area contributed by atoms with Gasteiger partial charge in [0, 0.05) is 43.3 Å². The molecule has 2 aromatic rings. The number of nitrogens with one attached hydrogen (secondary N) is 2. The van der Waals surface area contributed by atoms with Crippen LogP contribution in [0.3, 0.4) is 0 Å². The van der Waals surface area contributed by atoms with Crippen molar-refractivity contribution in [2.75, 3.05) is 37.1 Å². The number of cyclic esters (lactones) is 2. The van der Waals surface area contributed by atoms with E-state index in [9.17, 15) is 19.2 Å². The van der Waals surface area contributed by atoms with Crippen LogP contribution in [0.25, 0.3) is 0 Å². The van der Waals surface area contributed by atoms with Gasteiger partial charge >= 0.3 is 24.1 Å². The molecule has 2 aliphatic heterocycles. The van der Waals surface area contributed by atoms with E-state index in [2.05, 4.69) is 55.7 Å². The minimum absolute atomic E-state index is 0.0667. The molecule has 0 radical (unpaired) electrons. The summed E-state index contributed by atoms with van der Waals surface area (Å²) in [6.45, 7) is 8.36. The summed E-state index contributed by atoms with van der Waals surface area (Å²) in [6.07, 6.45) is 0.00257. The van der Waals surface area contributed by atoms with Gasteiger partial charge < -0.3 is 18.9 Å². The van der Waals surface area contributed by atoms with Gasteiger partial charge in [0.1, 0.15) is 0 Å². The second-order valence-electron chi connectivity index (χ2n) is 8.75. The normalized spacial score (nSPS) is 17.8. The molecular formula is C28H28Br2N2O8. The number of carbonyl (C=O) groups excluding carboxylic acids is 4. The van der Waals surface area contributed by atoms with Crippen LogP contribution in [0, 0.1) is 11.8 Å². The van der Waals surface area contributed by atoms with Crippen LogP contribution in [0.15, 0.2) is 81.8 Å². The summed E-state index contributed by atoms with van der Waals surface area (Å²) in [6, 6.07) is 14.3. The van der Waals surface area contributed by atoms with Crippen molar-refractivity contribution < 1.29 is 38.1 Å². The van der Waals surface area contributed by atoms with Gasteiger partial charge in [0.05, 0.1) is 26.4 Å². The molecular weight excluding hydrogens is 652 g/mol. The van der Waals surface area contributed by atoms with Crippen molar-refractivity contribution in [3.63, 3.8) is 0 Å². The van der Waals surface area contributed by atoms with Crippen molar-refractivity contribution in [3.8, 4) is 0 Å². The predicted octanol–water partition coefficient (Wildman–Crippen LogP) is 6.23. The third-order valence-corrected chi connectivity index (χ3v) is 6.98. The maximum Gasteiger partial charge on any atom is 0.411 e. The molecule has 10 nitrogen and oxygen atoms in total. The first-order chi connectivity index (χ1) is 19.1. The van der Waals surface area contributed by atoms with E-state index in [4.69, 9.17) is 18.9 Å². The topological polar surface area (TPSA) is 129 Å². The molecule has 0 unspecified atom stereocenters. The zero-order valence-corrected chi connectivity index (χ0v) is 24.6. The van der Waals surface area contributed by atoms with Crippen LogP contribution in [0.1, 0.15) is 12.8 Å². The van der Waals surface area contributed by atoms with Gasteiger partial charge in [0.25, 0.3) is 0 Å². The van der Waals surface area contributed by atoms with Gasteiger partial charge in [0.2, 0.25) is 0 Å². The quantitative estimate of drug-likeness (QED) is 0.191. The van der Waals surface area contributed by atoms with Gasteiger partial charge in [-0.15, -0.1) is 0 Å². The summed E-state index contributed by atoms with van der Waals surface area (Å²) < 4.78 is 21.7. The predicted molar refractivity (Wildman–Crippen MR) is 155 cm³/mol. The Morgan fingerprint density at radius 2 is 1.07 bits per heavy atom. The van der Waals surface area contributed by atoms with Crippen molar-refractivity contribution in [3.05, 3.63) is 81.8 Å². The van der Waals surface area contributed by atoms with Crippen LogP contribution in [-0.4, -0.2) is 50.6 Å². The first kappa shape index (κ1) is 30.9. The maximum atomic E-state index is 11.6. The van der Waals surface area contributed by atoms with E-state index in [-0.39, 0.29) is 37.0 Å². The Labute approximate surface area is 248 Å². The minimum Gasteiger partial charge on any atom is -0.462 e. The highest BCUT2D eigenvalue weighted by Gasteiger charge is 2.29. The Hall–Kier alpha value is -3.64. The van der Waals surface area contributed by atoms with Crippen molar-refractivity contribution in [1.82, 2.24) is 0 Å². The number of hydrogen-bond acceptors (Lipinski definition) is 8. The van der Waals surface area contributed by atoms with Crippen LogP contribution >= 0.6 is 31.9 Å². The zero-order valence-electron chi connectivity index (χ0n) is 21.5. The lowest BCUT2D eigenvalue weighted by atomic mass is 10.0. The van der Waals surface area contributed by atoms with Gasteiger partial charge in [-0.25, -0.2) is 19.2 Å². The molecule has 0 saturated carbocycles. The van der Waals surface area contributed by atoms with Crippen molar-refractivity contribution in [2.45, 2.75) is 12.8 Å². The fourth-order valence-electron chi connectivity index (χ4n) is 3.55. The number of amides is 2. The third-order valence-electron chi connectivity index (χ3n) is 5.92. The molecule has 2 saturated heterocycles. The van der Waals surface area contributed by atoms with Crippen LogP contribution in [0.5, 0.6) is 0 Å². The summed E-state index contributed by atoms with van der Waals surface area (Å²) in [5.41, 5.74) is 2.20. The van der Waals surface area contributed by atoms with Crippen LogP contribution in [0.4, 0.5) is 21.0 Å². The van der Waals surface area contributed by atoms with Gasteiger partial charge in [-0.2, -0.15) is 0 Å². The number of rotatable bonds is 8. The molecule has 2 aromatic carbocycles. The lowest BCUT2D eigenvalue weighted by Gasteiger charge is -2.09. The van der Waals surface area contributed by atoms with Crippen molar-refractivity contribution in [1.29, 1.82) is 0 Å². The second kappa shape index (κ2) is 15.2. The molecule has 2 aliphatic rings. The Kier molecular flexibility index (Phi) is 11.8. The van der Waals surface area contributed by atoms with Crippen molar-refractivity contribution in [2.24, 2.45) is 11.8 Å². The van der Waals surface area contributed by atoms with E-state index in [0.29, 0.717) is 48.6 Å². The van der Waals surface area contributed by atoms with Crippen molar-refractivity contribution >= 4 is 67.4 Å². The Bertz CT molecular complexity index is 1150. The molecule has 0 bridgehead atoms. The largest absolute Gasteiger partial charge is 0.462 e. The summed E-state index contributed by atoms with van der Waals surface area (Å²) in [5.74, 6) is -0.866. The number of benzene rings is 2. The van der Waals surface area contributed by atoms with E-state index < -0.39 is 12.2 Å². The number of esters is 2. The summed E-state index contributed by atoms with van der Waals surface area (Å²) in [5, 5.41) is 5.22. The standard InChI is InChI=1S/2C14H14BrNO4/c2*1-9-10(8-20-13(9)17)6-7-19-14(18)16-12-4-2-11(15)3-5-12/h2*2-5,10H,1,6-8H2,(H,16,18)/t2*10-/m00/s1. The Balaban J connectivity index is 0.000000220. The van der Waals surface area contributed by atoms with E-state index in [1.807, 2.05) is 24.3 Å². The average molecular weight is 680 g/mol. The molecule has 2 N–H and O–H groups in total. The molecule has 4 rings (SSSR count). The first-order valence-electron chi connectivity index (χ1n) is 12.2. The van der Waals surface area contributed by atoms with Crippen LogP contribution in [-0.2, 0) is 28.5 Å². The SMILES string of the molecule is C=C1C(=O)OC[C@@H]1CCOC(=O)Nc1ccc(Br)cc1.C=C1C(=O)OC[C@@H]1CCOC(=O)Nc1ccc(Br)cc1. The van der Waals surface area contributed by atoms with Gasteiger partial charge in [-0.05, 0) is 61.4 Å². The summed E-state index contributed by atoms with van der Waals surface area (Å²) >= 11 is 6.62.